The van der Waals surface area contributed by atoms with Crippen LogP contribution in [-0.2, 0) is 19.4 Å². The van der Waals surface area contributed by atoms with Gasteiger partial charge in [0.1, 0.15) is 11.3 Å². The second-order valence-electron chi connectivity index (χ2n) is 8.21. The molecule has 192 valence electrons. The Balaban J connectivity index is 1.72. The molecule has 0 unspecified atom stereocenters. The third kappa shape index (κ3) is 4.64. The lowest BCUT2D eigenvalue weighted by Gasteiger charge is -2.17. The average Bonchev–Trinajstić information content (AvgIpc) is 3.31. The number of hydrogen-bond donors (Lipinski definition) is 2. The Morgan fingerprint density at radius 3 is 2.19 bits per heavy atom. The van der Waals surface area contributed by atoms with Gasteiger partial charge >= 0.3 is 23.5 Å². The van der Waals surface area contributed by atoms with Gasteiger partial charge in [-0.05, 0) is 30.5 Å². The van der Waals surface area contributed by atoms with Gasteiger partial charge in [-0.1, -0.05) is 12.8 Å². The van der Waals surface area contributed by atoms with Gasteiger partial charge in [-0.15, -0.1) is 0 Å². The van der Waals surface area contributed by atoms with E-state index in [1.54, 1.807) is 0 Å². The SMILES string of the molecule is Cn1c(=O)c(=O)n(C2CCCC2)c2nc(N/N=C/c3cc(C(F)(F)F)c(O)c(C(F)(F)F)c3)ncc21. The minimum atomic E-state index is -5.25. The summed E-state index contributed by atoms with van der Waals surface area (Å²) in [5.74, 6) is -2.15. The molecule has 0 amide bonds. The highest BCUT2D eigenvalue weighted by atomic mass is 19.4. The van der Waals surface area contributed by atoms with Gasteiger partial charge in [0, 0.05) is 13.1 Å². The van der Waals surface area contributed by atoms with E-state index in [4.69, 9.17) is 0 Å². The summed E-state index contributed by atoms with van der Waals surface area (Å²) in [6, 6.07) is 0.369. The Morgan fingerprint density at radius 2 is 1.64 bits per heavy atom. The number of phenolic OH excluding ortho intramolecular Hbond substituents is 1. The first-order valence-electron chi connectivity index (χ1n) is 10.6. The molecule has 0 atom stereocenters. The van der Waals surface area contributed by atoms with Crippen molar-refractivity contribution < 1.29 is 31.4 Å². The molecule has 2 N–H and O–H groups in total. The van der Waals surface area contributed by atoms with Gasteiger partial charge in [0.15, 0.2) is 5.65 Å². The summed E-state index contributed by atoms with van der Waals surface area (Å²) in [7, 11) is 1.38. The van der Waals surface area contributed by atoms with Crippen molar-refractivity contribution in [2.45, 2.75) is 44.1 Å². The van der Waals surface area contributed by atoms with Crippen LogP contribution in [0.5, 0.6) is 5.75 Å². The van der Waals surface area contributed by atoms with Crippen LogP contribution in [0.2, 0.25) is 0 Å². The minimum Gasteiger partial charge on any atom is -0.507 e. The largest absolute Gasteiger partial charge is 0.507 e. The van der Waals surface area contributed by atoms with Crippen molar-refractivity contribution in [2.75, 3.05) is 5.43 Å². The molecule has 1 aromatic carbocycles. The van der Waals surface area contributed by atoms with Crippen molar-refractivity contribution >= 4 is 23.3 Å². The number of benzene rings is 1. The smallest absolute Gasteiger partial charge is 0.419 e. The molecule has 2 heterocycles. The van der Waals surface area contributed by atoms with Gasteiger partial charge < -0.3 is 9.67 Å². The van der Waals surface area contributed by atoms with E-state index in [2.05, 4.69) is 20.5 Å². The molecule has 1 aliphatic rings. The van der Waals surface area contributed by atoms with Crippen LogP contribution in [0.4, 0.5) is 32.3 Å². The zero-order valence-corrected chi connectivity index (χ0v) is 18.5. The van der Waals surface area contributed by atoms with E-state index in [1.165, 1.54) is 17.8 Å². The van der Waals surface area contributed by atoms with Gasteiger partial charge in [0.05, 0.1) is 23.5 Å². The Labute approximate surface area is 197 Å². The first kappa shape index (κ1) is 25.2. The van der Waals surface area contributed by atoms with Crippen LogP contribution in [0.1, 0.15) is 48.4 Å². The number of anilines is 1. The van der Waals surface area contributed by atoms with Crippen LogP contribution in [0.15, 0.2) is 33.0 Å². The molecule has 2 aromatic heterocycles. The molecular formula is C21H18F6N6O3. The highest BCUT2D eigenvalue weighted by Crippen LogP contribution is 2.44. The number of aryl methyl sites for hydroxylation is 1. The summed E-state index contributed by atoms with van der Waals surface area (Å²) in [5.41, 5.74) is -3.19. The Kier molecular flexibility index (Phi) is 6.26. The van der Waals surface area contributed by atoms with E-state index in [0.717, 1.165) is 17.4 Å². The molecule has 0 spiro atoms. The number of aromatic hydroxyl groups is 1. The lowest BCUT2D eigenvalue weighted by Crippen LogP contribution is -2.42. The van der Waals surface area contributed by atoms with Crippen LogP contribution in [0, 0.1) is 0 Å². The molecule has 9 nitrogen and oxygen atoms in total. The first-order chi connectivity index (χ1) is 16.8. The van der Waals surface area contributed by atoms with E-state index in [1.807, 2.05) is 0 Å². The molecule has 0 radical (unpaired) electrons. The number of hydrazone groups is 1. The van der Waals surface area contributed by atoms with E-state index >= 15 is 0 Å². The van der Waals surface area contributed by atoms with Crippen molar-refractivity contribution in [1.82, 2.24) is 19.1 Å². The quantitative estimate of drug-likeness (QED) is 0.236. The lowest BCUT2D eigenvalue weighted by atomic mass is 10.0. The Morgan fingerprint density at radius 1 is 1.06 bits per heavy atom. The molecule has 4 rings (SSSR count). The van der Waals surface area contributed by atoms with Crippen LogP contribution in [0.25, 0.3) is 11.2 Å². The molecule has 1 saturated carbocycles. The number of alkyl halides is 6. The van der Waals surface area contributed by atoms with Gasteiger partial charge in [0.2, 0.25) is 5.95 Å². The number of hydrogen-bond acceptors (Lipinski definition) is 7. The van der Waals surface area contributed by atoms with Gasteiger partial charge in [-0.2, -0.15) is 36.4 Å². The van der Waals surface area contributed by atoms with Crippen molar-refractivity contribution in [2.24, 2.45) is 12.1 Å². The highest BCUT2D eigenvalue weighted by Gasteiger charge is 2.41. The van der Waals surface area contributed by atoms with Crippen molar-refractivity contribution in [1.29, 1.82) is 0 Å². The van der Waals surface area contributed by atoms with E-state index in [0.29, 0.717) is 31.2 Å². The van der Waals surface area contributed by atoms with Crippen LogP contribution < -0.4 is 16.5 Å². The summed E-state index contributed by atoms with van der Waals surface area (Å²) in [6.07, 6.45) is -5.53. The second kappa shape index (κ2) is 8.95. The number of rotatable bonds is 4. The molecule has 1 fully saturated rings. The fraction of sp³-hybridized carbons (Fsp3) is 0.381. The summed E-state index contributed by atoms with van der Waals surface area (Å²) < 4.78 is 81.2. The predicted octanol–water partition coefficient (Wildman–Crippen LogP) is 3.79. The van der Waals surface area contributed by atoms with Crippen LogP contribution in [0.3, 0.4) is 0 Å². The van der Waals surface area contributed by atoms with E-state index < -0.39 is 45.9 Å². The predicted molar refractivity (Wildman–Crippen MR) is 116 cm³/mol. The maximum Gasteiger partial charge on any atom is 0.419 e. The molecule has 0 aliphatic heterocycles. The summed E-state index contributed by atoms with van der Waals surface area (Å²) in [5, 5.41) is 13.1. The second-order valence-corrected chi connectivity index (χ2v) is 8.21. The highest BCUT2D eigenvalue weighted by molar-refractivity contribution is 5.82. The number of aromatic nitrogens is 4. The van der Waals surface area contributed by atoms with Crippen molar-refractivity contribution in [3.63, 3.8) is 0 Å². The summed E-state index contributed by atoms with van der Waals surface area (Å²) >= 11 is 0. The fourth-order valence-corrected chi connectivity index (χ4v) is 4.12. The topological polar surface area (TPSA) is 114 Å². The van der Waals surface area contributed by atoms with Gasteiger partial charge in [-0.3, -0.25) is 14.2 Å². The average molecular weight is 516 g/mol. The third-order valence-corrected chi connectivity index (χ3v) is 5.86. The van der Waals surface area contributed by atoms with Crippen LogP contribution in [-0.4, -0.2) is 30.4 Å². The maximum absolute atomic E-state index is 13.1. The van der Waals surface area contributed by atoms with Crippen molar-refractivity contribution in [3.8, 4) is 5.75 Å². The monoisotopic (exact) mass is 516 g/mol. The maximum atomic E-state index is 13.1. The molecule has 3 aromatic rings. The number of phenols is 1. The zero-order chi connectivity index (χ0) is 26.4. The standard InChI is InChI=1S/C21H18F6N6O3/c1-32-14-9-28-19(30-16(14)33(18(36)17(32)35)11-4-2-3-5-11)31-29-8-10-6-12(20(22,23)24)15(34)13(7-10)21(25,26)27/h6-9,11,34H,2-5H2,1H3,(H,28,30,31)/b29-8+. The Hall–Kier alpha value is -3.91. The zero-order valence-electron chi connectivity index (χ0n) is 18.5. The van der Waals surface area contributed by atoms with Gasteiger partial charge in [-0.25, -0.2) is 10.4 Å². The van der Waals surface area contributed by atoms with E-state index in [9.17, 15) is 41.0 Å². The molecule has 0 bridgehead atoms. The Bertz CT molecular complexity index is 1430. The summed E-state index contributed by atoms with van der Waals surface area (Å²) in [4.78, 5) is 33.2. The molecule has 15 heteroatoms. The number of fused-ring (bicyclic) bond motifs is 1. The number of nitrogens with zero attached hydrogens (tertiary/aromatic N) is 5. The summed E-state index contributed by atoms with van der Waals surface area (Å²) in [6.45, 7) is 0. The third-order valence-electron chi connectivity index (χ3n) is 5.86. The number of nitrogens with one attached hydrogen (secondary N) is 1. The van der Waals surface area contributed by atoms with Crippen LogP contribution >= 0.6 is 0 Å². The fourth-order valence-electron chi connectivity index (χ4n) is 4.12. The number of halogens is 6. The molecule has 1 aliphatic carbocycles. The first-order valence-corrected chi connectivity index (χ1v) is 10.6. The minimum absolute atomic E-state index is 0.130. The molecular weight excluding hydrogens is 498 g/mol. The van der Waals surface area contributed by atoms with Crippen molar-refractivity contribution in [3.05, 3.63) is 55.7 Å². The molecule has 0 saturated heterocycles. The van der Waals surface area contributed by atoms with E-state index in [-0.39, 0.29) is 23.2 Å². The molecule has 36 heavy (non-hydrogen) atoms. The normalized spacial score (nSPS) is 15.3. The van der Waals surface area contributed by atoms with Gasteiger partial charge in [0.25, 0.3) is 0 Å². The lowest BCUT2D eigenvalue weighted by molar-refractivity contribution is -0.145.